The Labute approximate surface area is 92.5 Å². The zero-order chi connectivity index (χ0) is 10.7. The average molecular weight is 221 g/mol. The number of hydrogen-bond donors (Lipinski definition) is 0. The van der Waals surface area contributed by atoms with E-state index in [0.29, 0.717) is 12.1 Å². The summed E-state index contributed by atoms with van der Waals surface area (Å²) in [5.74, 6) is 0.799. The second kappa shape index (κ2) is 4.49. The van der Waals surface area contributed by atoms with Crippen LogP contribution in [0.1, 0.15) is 10.4 Å². The van der Waals surface area contributed by atoms with Crippen LogP contribution in [0.4, 0.5) is 4.79 Å². The summed E-state index contributed by atoms with van der Waals surface area (Å²) >= 11 is 1.28. The van der Waals surface area contributed by atoms with Gasteiger partial charge in [-0.1, -0.05) is 42.1 Å². The van der Waals surface area contributed by atoms with Gasteiger partial charge in [-0.15, -0.1) is 0 Å². The number of carbonyl (C=O) groups excluding carboxylic acids is 2. The lowest BCUT2D eigenvalue weighted by Crippen LogP contribution is -2.29. The maximum atomic E-state index is 11.7. The van der Waals surface area contributed by atoms with Gasteiger partial charge in [-0.05, 0) is 0 Å². The number of ketones is 1. The van der Waals surface area contributed by atoms with Gasteiger partial charge in [-0.3, -0.25) is 9.59 Å². The molecule has 0 unspecified atom stereocenters. The topological polar surface area (TPSA) is 37.4 Å². The predicted octanol–water partition coefficient (Wildman–Crippen LogP) is 2.04. The molecule has 0 aromatic heterocycles. The molecular formula is C11H11NO2S. The lowest BCUT2D eigenvalue weighted by atomic mass is 10.1. The van der Waals surface area contributed by atoms with Crippen molar-refractivity contribution in [1.29, 1.82) is 0 Å². The van der Waals surface area contributed by atoms with E-state index in [9.17, 15) is 9.59 Å². The third kappa shape index (κ3) is 2.39. The minimum atomic E-state index is 0.00597. The van der Waals surface area contributed by atoms with Crippen molar-refractivity contribution in [2.24, 2.45) is 0 Å². The highest BCUT2D eigenvalue weighted by Crippen LogP contribution is 2.17. The summed E-state index contributed by atoms with van der Waals surface area (Å²) in [6.45, 7) is 0.887. The van der Waals surface area contributed by atoms with Crippen molar-refractivity contribution >= 4 is 22.8 Å². The van der Waals surface area contributed by atoms with Crippen LogP contribution in [0, 0.1) is 0 Å². The summed E-state index contributed by atoms with van der Waals surface area (Å²) in [7, 11) is 0. The van der Waals surface area contributed by atoms with Crippen LogP contribution in [-0.4, -0.2) is 34.8 Å². The van der Waals surface area contributed by atoms with E-state index in [2.05, 4.69) is 0 Å². The molecule has 4 heteroatoms. The number of Topliss-reactive ketones (excluding diaryl/α,β-unsaturated/α-hetero) is 1. The quantitative estimate of drug-likeness (QED) is 0.733. The number of carbonyl (C=O) groups is 2. The summed E-state index contributed by atoms with van der Waals surface area (Å²) in [6.07, 6.45) is 0. The molecule has 15 heavy (non-hydrogen) atoms. The Kier molecular flexibility index (Phi) is 3.06. The van der Waals surface area contributed by atoms with Gasteiger partial charge in [-0.25, -0.2) is 0 Å². The first-order chi connectivity index (χ1) is 7.27. The van der Waals surface area contributed by atoms with Gasteiger partial charge in [0.2, 0.25) is 0 Å². The van der Waals surface area contributed by atoms with Crippen molar-refractivity contribution in [2.75, 3.05) is 18.8 Å². The fraction of sp³-hybridized carbons (Fsp3) is 0.273. The zero-order valence-corrected chi connectivity index (χ0v) is 9.00. The van der Waals surface area contributed by atoms with Gasteiger partial charge >= 0.3 is 0 Å². The summed E-state index contributed by atoms with van der Waals surface area (Å²) in [6, 6.07) is 9.07. The molecule has 3 nitrogen and oxygen atoms in total. The molecule has 1 aliphatic heterocycles. The van der Waals surface area contributed by atoms with Crippen LogP contribution in [0.3, 0.4) is 0 Å². The highest BCUT2D eigenvalue weighted by Gasteiger charge is 2.23. The number of thioether (sulfide) groups is 1. The molecule has 1 heterocycles. The Morgan fingerprint density at radius 1 is 1.33 bits per heavy atom. The molecule has 1 aliphatic rings. The molecule has 1 saturated heterocycles. The second-order valence-electron chi connectivity index (χ2n) is 3.33. The molecule has 0 radical (unpaired) electrons. The molecule has 2 rings (SSSR count). The van der Waals surface area contributed by atoms with E-state index >= 15 is 0 Å². The van der Waals surface area contributed by atoms with E-state index in [1.807, 2.05) is 18.2 Å². The molecule has 1 aromatic carbocycles. The molecule has 1 aromatic rings. The van der Waals surface area contributed by atoms with Gasteiger partial charge in [0, 0.05) is 17.9 Å². The number of benzene rings is 1. The van der Waals surface area contributed by atoms with E-state index in [4.69, 9.17) is 0 Å². The van der Waals surface area contributed by atoms with Crippen molar-refractivity contribution in [1.82, 2.24) is 4.90 Å². The number of hydrogen-bond acceptors (Lipinski definition) is 3. The molecular weight excluding hydrogens is 210 g/mol. The summed E-state index contributed by atoms with van der Waals surface area (Å²) in [5, 5.41) is 0.0132. The Bertz CT molecular complexity index is 377. The highest BCUT2D eigenvalue weighted by atomic mass is 32.2. The molecule has 0 bridgehead atoms. The molecule has 0 atom stereocenters. The first-order valence-corrected chi connectivity index (χ1v) is 5.76. The molecule has 1 amide bonds. The smallest absolute Gasteiger partial charge is 0.282 e. The number of nitrogens with zero attached hydrogens (tertiary/aromatic N) is 1. The van der Waals surface area contributed by atoms with Crippen LogP contribution in [0.25, 0.3) is 0 Å². The van der Waals surface area contributed by atoms with Gasteiger partial charge < -0.3 is 4.90 Å². The van der Waals surface area contributed by atoms with Crippen molar-refractivity contribution < 1.29 is 9.59 Å². The molecule has 0 saturated carbocycles. The number of amides is 1. The SMILES string of the molecule is O=C(CN1CCSC1=O)c1ccccc1. The fourth-order valence-electron chi connectivity index (χ4n) is 1.46. The van der Waals surface area contributed by atoms with Crippen molar-refractivity contribution in [2.45, 2.75) is 0 Å². The normalized spacial score (nSPS) is 15.7. The number of rotatable bonds is 3. The van der Waals surface area contributed by atoms with Crippen LogP contribution in [0.2, 0.25) is 0 Å². The Balaban J connectivity index is 2.01. The Morgan fingerprint density at radius 3 is 2.67 bits per heavy atom. The van der Waals surface area contributed by atoms with Gasteiger partial charge in [0.05, 0.1) is 6.54 Å². The summed E-state index contributed by atoms with van der Waals surface area (Å²) in [4.78, 5) is 24.6. The van der Waals surface area contributed by atoms with Crippen LogP contribution in [0.5, 0.6) is 0 Å². The van der Waals surface area contributed by atoms with E-state index in [0.717, 1.165) is 5.75 Å². The molecule has 78 valence electrons. The lowest BCUT2D eigenvalue weighted by molar-refractivity contribution is 0.0956. The molecule has 0 spiro atoms. The fourth-order valence-corrected chi connectivity index (χ4v) is 2.28. The third-order valence-corrected chi connectivity index (χ3v) is 3.17. The van der Waals surface area contributed by atoms with Crippen LogP contribution < -0.4 is 0 Å². The first-order valence-electron chi connectivity index (χ1n) is 4.77. The van der Waals surface area contributed by atoms with E-state index in [-0.39, 0.29) is 17.6 Å². The summed E-state index contributed by atoms with van der Waals surface area (Å²) < 4.78 is 0. The lowest BCUT2D eigenvalue weighted by Gasteiger charge is -2.12. The predicted molar refractivity (Wildman–Crippen MR) is 60.2 cm³/mol. The maximum Gasteiger partial charge on any atom is 0.282 e. The minimum Gasteiger partial charge on any atom is -0.325 e. The van der Waals surface area contributed by atoms with E-state index in [1.165, 1.54) is 11.8 Å². The standard InChI is InChI=1S/C11H11NO2S/c13-10(9-4-2-1-3-5-9)8-12-6-7-15-11(12)14/h1-5H,6-8H2. The second-order valence-corrected chi connectivity index (χ2v) is 4.37. The molecule has 1 fully saturated rings. The first kappa shape index (κ1) is 10.2. The monoisotopic (exact) mass is 221 g/mol. The van der Waals surface area contributed by atoms with Crippen molar-refractivity contribution in [3.8, 4) is 0 Å². The van der Waals surface area contributed by atoms with Crippen LogP contribution in [-0.2, 0) is 0 Å². The van der Waals surface area contributed by atoms with E-state index in [1.54, 1.807) is 17.0 Å². The van der Waals surface area contributed by atoms with Gasteiger partial charge in [0.1, 0.15) is 0 Å². The van der Waals surface area contributed by atoms with Gasteiger partial charge in [0.25, 0.3) is 5.24 Å². The van der Waals surface area contributed by atoms with E-state index < -0.39 is 0 Å². The minimum absolute atomic E-state index is 0.00597. The van der Waals surface area contributed by atoms with Gasteiger partial charge in [-0.2, -0.15) is 0 Å². The molecule has 0 aliphatic carbocycles. The maximum absolute atomic E-state index is 11.7. The summed E-state index contributed by atoms with van der Waals surface area (Å²) in [5.41, 5.74) is 0.669. The van der Waals surface area contributed by atoms with Crippen molar-refractivity contribution in [3.05, 3.63) is 35.9 Å². The largest absolute Gasteiger partial charge is 0.325 e. The third-order valence-electron chi connectivity index (χ3n) is 2.28. The highest BCUT2D eigenvalue weighted by molar-refractivity contribution is 8.13. The van der Waals surface area contributed by atoms with Crippen molar-refractivity contribution in [3.63, 3.8) is 0 Å². The van der Waals surface area contributed by atoms with Gasteiger partial charge in [0.15, 0.2) is 5.78 Å². The van der Waals surface area contributed by atoms with Crippen LogP contribution in [0.15, 0.2) is 30.3 Å². The Morgan fingerprint density at radius 2 is 2.07 bits per heavy atom. The average Bonchev–Trinajstić information content (AvgIpc) is 2.66. The van der Waals surface area contributed by atoms with Crippen LogP contribution >= 0.6 is 11.8 Å². The Hall–Kier alpha value is -1.29. The molecule has 0 N–H and O–H groups in total. The zero-order valence-electron chi connectivity index (χ0n) is 8.18.